The first-order valence-corrected chi connectivity index (χ1v) is 8.58. The van der Waals surface area contributed by atoms with Crippen molar-refractivity contribution in [3.05, 3.63) is 62.7 Å². The van der Waals surface area contributed by atoms with Gasteiger partial charge in [0.2, 0.25) is 5.88 Å². The number of aromatic amines is 1. The Kier molecular flexibility index (Phi) is 3.86. The molecule has 120 valence electrons. The number of nitrogens with one attached hydrogen (secondary N) is 1. The molecule has 3 aromatic rings. The highest BCUT2D eigenvalue weighted by Crippen LogP contribution is 2.41. The molecule has 24 heavy (non-hydrogen) atoms. The highest BCUT2D eigenvalue weighted by Gasteiger charge is 2.23. The van der Waals surface area contributed by atoms with Gasteiger partial charge < -0.3 is 14.5 Å². The van der Waals surface area contributed by atoms with E-state index >= 15 is 0 Å². The van der Waals surface area contributed by atoms with Gasteiger partial charge in [-0.2, -0.15) is 0 Å². The van der Waals surface area contributed by atoms with Crippen molar-refractivity contribution >= 4 is 28.1 Å². The van der Waals surface area contributed by atoms with E-state index in [9.17, 15) is 0 Å². The average molecular weight is 401 g/mol. The van der Waals surface area contributed by atoms with Gasteiger partial charge in [-0.1, -0.05) is 52.4 Å². The minimum atomic E-state index is 0.551. The first kappa shape index (κ1) is 15.4. The minimum Gasteiger partial charge on any atom is -0.493 e. The Morgan fingerprint density at radius 3 is 2.75 bits per heavy atom. The molecule has 0 spiro atoms. The Balaban J connectivity index is 1.82. The van der Waals surface area contributed by atoms with Crippen LogP contribution in [0.15, 0.2) is 46.9 Å². The van der Waals surface area contributed by atoms with E-state index in [-0.39, 0.29) is 0 Å². The van der Waals surface area contributed by atoms with E-state index in [1.54, 1.807) is 7.11 Å². The largest absolute Gasteiger partial charge is 0.493 e. The van der Waals surface area contributed by atoms with Gasteiger partial charge in [-0.25, -0.2) is 4.98 Å². The summed E-state index contributed by atoms with van der Waals surface area (Å²) in [5, 5.41) is 0. The summed E-state index contributed by atoms with van der Waals surface area (Å²) in [6, 6.07) is 13.7. The number of H-pyrrole nitrogens is 1. The van der Waals surface area contributed by atoms with E-state index in [0.29, 0.717) is 28.5 Å². The molecule has 0 amide bonds. The first-order chi connectivity index (χ1) is 11.7. The lowest BCUT2D eigenvalue weighted by Gasteiger charge is -2.22. The third-order valence-electron chi connectivity index (χ3n) is 3.95. The third-order valence-corrected chi connectivity index (χ3v) is 4.81. The van der Waals surface area contributed by atoms with Crippen LogP contribution in [0.25, 0.3) is 11.4 Å². The number of hydrogen-bond acceptors (Lipinski definition) is 4. The monoisotopic (exact) mass is 400 g/mol. The highest BCUT2D eigenvalue weighted by atomic mass is 79.9. The number of halogens is 1. The SMILES string of the molecule is COc1cccc2c1Oc1[nH]c(-c3ccc(Br)cc3)nc(=S)c1C2. The number of hydrogen-bond donors (Lipinski definition) is 1. The topological polar surface area (TPSA) is 47.1 Å². The van der Waals surface area contributed by atoms with Gasteiger partial charge >= 0.3 is 0 Å². The molecule has 0 fully saturated rings. The van der Waals surface area contributed by atoms with Crippen LogP contribution in [0, 0.1) is 4.64 Å². The van der Waals surface area contributed by atoms with E-state index in [1.807, 2.05) is 42.5 Å². The summed E-state index contributed by atoms with van der Waals surface area (Å²) >= 11 is 8.93. The molecule has 0 aliphatic carbocycles. The molecule has 0 atom stereocenters. The summed E-state index contributed by atoms with van der Waals surface area (Å²) in [6.45, 7) is 0. The van der Waals surface area contributed by atoms with Crippen LogP contribution in [0.3, 0.4) is 0 Å². The quantitative estimate of drug-likeness (QED) is 0.465. The maximum absolute atomic E-state index is 6.07. The molecule has 4 rings (SSSR count). The van der Waals surface area contributed by atoms with E-state index in [0.717, 1.165) is 26.9 Å². The molecule has 6 heteroatoms. The summed E-state index contributed by atoms with van der Waals surface area (Å²) < 4.78 is 13.0. The number of nitrogens with zero attached hydrogens (tertiary/aromatic N) is 1. The smallest absolute Gasteiger partial charge is 0.205 e. The molecule has 1 aliphatic heterocycles. The van der Waals surface area contributed by atoms with Crippen LogP contribution in [0.5, 0.6) is 17.4 Å². The van der Waals surface area contributed by atoms with Crippen LogP contribution >= 0.6 is 28.1 Å². The molecule has 0 unspecified atom stereocenters. The summed E-state index contributed by atoms with van der Waals surface area (Å²) in [4.78, 5) is 7.80. The van der Waals surface area contributed by atoms with Gasteiger partial charge in [-0.15, -0.1) is 0 Å². The van der Waals surface area contributed by atoms with Gasteiger partial charge in [0.25, 0.3) is 0 Å². The Bertz CT molecular complexity index is 983. The number of methoxy groups -OCH3 is 1. The van der Waals surface area contributed by atoms with E-state index < -0.39 is 0 Å². The van der Waals surface area contributed by atoms with Crippen molar-refractivity contribution < 1.29 is 9.47 Å². The second-order valence-electron chi connectivity index (χ2n) is 5.43. The molecule has 0 saturated heterocycles. The maximum atomic E-state index is 6.07. The predicted octanol–water partition coefficient (Wildman–Crippen LogP) is 5.27. The van der Waals surface area contributed by atoms with Gasteiger partial charge in [0.05, 0.1) is 12.7 Å². The van der Waals surface area contributed by atoms with Crippen LogP contribution in [-0.4, -0.2) is 17.1 Å². The van der Waals surface area contributed by atoms with E-state index in [4.69, 9.17) is 21.7 Å². The summed E-state index contributed by atoms with van der Waals surface area (Å²) in [5.74, 6) is 2.75. The van der Waals surface area contributed by atoms with Gasteiger partial charge in [-0.3, -0.25) is 0 Å². The zero-order chi connectivity index (χ0) is 16.7. The van der Waals surface area contributed by atoms with E-state index in [1.165, 1.54) is 0 Å². The second kappa shape index (κ2) is 6.03. The molecule has 1 aliphatic rings. The molecule has 1 aromatic heterocycles. The number of rotatable bonds is 2. The molecular formula is C18H13BrN2O2S. The molecule has 0 radical (unpaired) electrons. The summed E-state index contributed by atoms with van der Waals surface area (Å²) in [6.07, 6.45) is 0.671. The molecule has 2 aromatic carbocycles. The van der Waals surface area contributed by atoms with Crippen LogP contribution in [0.1, 0.15) is 11.1 Å². The number of ether oxygens (including phenoxy) is 2. The Morgan fingerprint density at radius 1 is 1.21 bits per heavy atom. The lowest BCUT2D eigenvalue weighted by Crippen LogP contribution is -2.08. The highest BCUT2D eigenvalue weighted by molar-refractivity contribution is 9.10. The van der Waals surface area contributed by atoms with Crippen LogP contribution in [0.4, 0.5) is 0 Å². The number of fused-ring (bicyclic) bond motifs is 2. The number of aromatic nitrogens is 2. The van der Waals surface area contributed by atoms with Gasteiger partial charge in [0.1, 0.15) is 10.5 Å². The molecule has 0 bridgehead atoms. The molecule has 4 nitrogen and oxygen atoms in total. The predicted molar refractivity (Wildman–Crippen MR) is 98.4 cm³/mol. The van der Waals surface area contributed by atoms with Crippen molar-refractivity contribution in [3.8, 4) is 28.8 Å². The fraction of sp³-hybridized carbons (Fsp3) is 0.111. The maximum Gasteiger partial charge on any atom is 0.205 e. The zero-order valence-electron chi connectivity index (χ0n) is 12.8. The van der Waals surface area contributed by atoms with Gasteiger partial charge in [0.15, 0.2) is 11.5 Å². The van der Waals surface area contributed by atoms with E-state index in [2.05, 4.69) is 25.9 Å². The Hall–Kier alpha value is -2.18. The van der Waals surface area contributed by atoms with Crippen molar-refractivity contribution in [2.45, 2.75) is 6.42 Å². The fourth-order valence-corrected chi connectivity index (χ4v) is 3.25. The molecule has 1 N–H and O–H groups in total. The number of benzene rings is 2. The third kappa shape index (κ3) is 2.61. The van der Waals surface area contributed by atoms with Crippen LogP contribution in [-0.2, 0) is 6.42 Å². The van der Waals surface area contributed by atoms with Crippen molar-refractivity contribution in [2.75, 3.05) is 7.11 Å². The van der Waals surface area contributed by atoms with Crippen molar-refractivity contribution in [1.82, 2.24) is 9.97 Å². The van der Waals surface area contributed by atoms with Crippen molar-refractivity contribution in [3.63, 3.8) is 0 Å². The average Bonchev–Trinajstić information content (AvgIpc) is 2.60. The van der Waals surface area contributed by atoms with Crippen LogP contribution in [0.2, 0.25) is 0 Å². The van der Waals surface area contributed by atoms with Crippen LogP contribution < -0.4 is 9.47 Å². The Labute approximate surface area is 152 Å². The Morgan fingerprint density at radius 2 is 2.00 bits per heavy atom. The minimum absolute atomic E-state index is 0.551. The van der Waals surface area contributed by atoms with Crippen molar-refractivity contribution in [1.29, 1.82) is 0 Å². The lowest BCUT2D eigenvalue weighted by molar-refractivity contribution is 0.365. The molecular weight excluding hydrogens is 388 g/mol. The van der Waals surface area contributed by atoms with Crippen molar-refractivity contribution in [2.24, 2.45) is 0 Å². The first-order valence-electron chi connectivity index (χ1n) is 7.38. The normalized spacial score (nSPS) is 12.1. The summed E-state index contributed by atoms with van der Waals surface area (Å²) in [7, 11) is 1.64. The second-order valence-corrected chi connectivity index (χ2v) is 6.73. The molecule has 2 heterocycles. The van der Waals surface area contributed by atoms with Gasteiger partial charge in [-0.05, 0) is 18.2 Å². The standard InChI is InChI=1S/C18H13BrN2O2S/c1-22-14-4-2-3-11-9-13-17(23-15(11)14)20-16(21-18(13)24)10-5-7-12(19)8-6-10/h2-8H,9H2,1H3,(H,20,21,24). The summed E-state index contributed by atoms with van der Waals surface area (Å²) in [5.41, 5.74) is 2.88. The molecule has 0 saturated carbocycles. The number of para-hydroxylation sites is 1. The van der Waals surface area contributed by atoms with Gasteiger partial charge in [0, 0.05) is 22.0 Å². The zero-order valence-corrected chi connectivity index (χ0v) is 15.2. The fourth-order valence-electron chi connectivity index (χ4n) is 2.73. The lowest BCUT2D eigenvalue weighted by atomic mass is 10.0.